The standard InChI is InChI=1S/C12H19N3O5S2/c1-12(2)6-9(22(4,19)20)8(21(3,17)18)5-7(12)10(16)15-11(13)14/h5H,6H2,1-4H3,(H4,13,14,15,16). The minimum absolute atomic E-state index is 0.0359. The third kappa shape index (κ3) is 3.95. The van der Waals surface area contributed by atoms with Gasteiger partial charge in [0.15, 0.2) is 25.6 Å². The average Bonchev–Trinajstić information content (AvgIpc) is 2.22. The van der Waals surface area contributed by atoms with Crippen LogP contribution in [0.5, 0.6) is 0 Å². The SMILES string of the molecule is CC1(C)CC(S(C)(=O)=O)=C(S(C)(=O)=O)C=C1C(=O)N=C(N)N. The van der Waals surface area contributed by atoms with Gasteiger partial charge in [-0.25, -0.2) is 16.8 Å². The molecular weight excluding hydrogens is 330 g/mol. The fraction of sp³-hybridized carbons (Fsp3) is 0.500. The lowest BCUT2D eigenvalue weighted by atomic mass is 9.77. The highest BCUT2D eigenvalue weighted by molar-refractivity contribution is 7.98. The number of nitrogens with two attached hydrogens (primary N) is 2. The first-order valence-corrected chi connectivity index (χ1v) is 9.94. The Kier molecular flexibility index (Phi) is 4.60. The molecule has 0 saturated heterocycles. The van der Waals surface area contributed by atoms with Crippen molar-refractivity contribution in [3.05, 3.63) is 21.5 Å². The number of carbonyl (C=O) groups is 1. The van der Waals surface area contributed by atoms with E-state index in [2.05, 4.69) is 4.99 Å². The number of rotatable bonds is 3. The predicted molar refractivity (Wildman–Crippen MR) is 84.0 cm³/mol. The Balaban J connectivity index is 3.73. The molecule has 124 valence electrons. The van der Waals surface area contributed by atoms with E-state index in [0.29, 0.717) is 0 Å². The molecule has 0 aromatic carbocycles. The molecule has 4 N–H and O–H groups in total. The minimum atomic E-state index is -3.84. The second-order valence-corrected chi connectivity index (χ2v) is 9.81. The molecule has 0 bridgehead atoms. The van der Waals surface area contributed by atoms with Gasteiger partial charge in [0, 0.05) is 18.1 Å². The van der Waals surface area contributed by atoms with Crippen molar-refractivity contribution in [1.82, 2.24) is 0 Å². The van der Waals surface area contributed by atoms with Gasteiger partial charge in [-0.15, -0.1) is 0 Å². The second-order valence-electron chi connectivity index (χ2n) is 5.79. The van der Waals surface area contributed by atoms with Crippen LogP contribution in [-0.4, -0.2) is 41.2 Å². The molecule has 1 aliphatic rings. The number of allylic oxidation sites excluding steroid dienone is 2. The molecule has 1 amide bonds. The number of hydrogen-bond acceptors (Lipinski definition) is 5. The Labute approximate surface area is 129 Å². The minimum Gasteiger partial charge on any atom is -0.370 e. The molecule has 0 saturated carbocycles. The molecule has 0 aromatic heterocycles. The Morgan fingerprint density at radius 1 is 1.14 bits per heavy atom. The van der Waals surface area contributed by atoms with E-state index in [4.69, 9.17) is 11.5 Å². The summed E-state index contributed by atoms with van der Waals surface area (Å²) in [6.45, 7) is 3.23. The average molecular weight is 349 g/mol. The first kappa shape index (κ1) is 18.4. The molecule has 0 aromatic rings. The van der Waals surface area contributed by atoms with E-state index in [9.17, 15) is 21.6 Å². The van der Waals surface area contributed by atoms with Gasteiger partial charge >= 0.3 is 0 Å². The molecule has 0 radical (unpaired) electrons. The zero-order valence-corrected chi connectivity index (χ0v) is 14.4. The Bertz CT molecular complexity index is 811. The van der Waals surface area contributed by atoms with Gasteiger partial charge in [-0.1, -0.05) is 13.8 Å². The molecule has 0 unspecified atom stereocenters. The number of guanidine groups is 1. The quantitative estimate of drug-likeness (QED) is 0.512. The number of hydrogen-bond donors (Lipinski definition) is 2. The van der Waals surface area contributed by atoms with Crippen LogP contribution < -0.4 is 11.5 Å². The Morgan fingerprint density at radius 3 is 2.00 bits per heavy atom. The summed E-state index contributed by atoms with van der Waals surface area (Å²) in [6, 6.07) is 0. The van der Waals surface area contributed by atoms with Crippen molar-refractivity contribution in [2.45, 2.75) is 20.3 Å². The highest BCUT2D eigenvalue weighted by atomic mass is 32.2. The second kappa shape index (κ2) is 5.51. The van der Waals surface area contributed by atoms with Crippen LogP contribution in [0.4, 0.5) is 0 Å². The molecule has 0 fully saturated rings. The highest BCUT2D eigenvalue weighted by Crippen LogP contribution is 2.42. The third-order valence-electron chi connectivity index (χ3n) is 3.19. The van der Waals surface area contributed by atoms with Crippen molar-refractivity contribution in [2.75, 3.05) is 12.5 Å². The van der Waals surface area contributed by atoms with Crippen molar-refractivity contribution in [1.29, 1.82) is 0 Å². The summed E-state index contributed by atoms with van der Waals surface area (Å²) in [5.41, 5.74) is 9.43. The predicted octanol–water partition coefficient (Wildman–Crippen LogP) is -0.556. The molecule has 0 atom stereocenters. The number of sulfone groups is 2. The summed E-state index contributed by atoms with van der Waals surface area (Å²) >= 11 is 0. The molecule has 1 aliphatic carbocycles. The smallest absolute Gasteiger partial charge is 0.276 e. The van der Waals surface area contributed by atoms with Crippen LogP contribution in [0.15, 0.2) is 26.5 Å². The summed E-state index contributed by atoms with van der Waals surface area (Å²) in [4.78, 5) is 14.8. The maximum atomic E-state index is 12.1. The van der Waals surface area contributed by atoms with Crippen molar-refractivity contribution < 1.29 is 21.6 Å². The van der Waals surface area contributed by atoms with Crippen molar-refractivity contribution in [3.8, 4) is 0 Å². The molecule has 10 heteroatoms. The lowest BCUT2D eigenvalue weighted by molar-refractivity contribution is -0.115. The fourth-order valence-electron chi connectivity index (χ4n) is 2.15. The van der Waals surface area contributed by atoms with Crippen LogP contribution in [0, 0.1) is 5.41 Å². The van der Waals surface area contributed by atoms with E-state index >= 15 is 0 Å². The van der Waals surface area contributed by atoms with Gasteiger partial charge < -0.3 is 11.5 Å². The van der Waals surface area contributed by atoms with Crippen LogP contribution in [0.25, 0.3) is 0 Å². The highest BCUT2D eigenvalue weighted by Gasteiger charge is 2.39. The van der Waals surface area contributed by atoms with Crippen molar-refractivity contribution in [3.63, 3.8) is 0 Å². The van der Waals surface area contributed by atoms with E-state index < -0.39 is 41.9 Å². The van der Waals surface area contributed by atoms with Crippen LogP contribution >= 0.6 is 0 Å². The molecule has 0 aliphatic heterocycles. The van der Waals surface area contributed by atoms with Crippen LogP contribution in [0.1, 0.15) is 20.3 Å². The summed E-state index contributed by atoms with van der Waals surface area (Å²) in [5, 5.41) is 0. The number of nitrogens with zero attached hydrogens (tertiary/aromatic N) is 1. The van der Waals surface area contributed by atoms with E-state index in [1.807, 2.05) is 0 Å². The van der Waals surface area contributed by atoms with Gasteiger partial charge in [0.2, 0.25) is 0 Å². The monoisotopic (exact) mass is 349 g/mol. The molecule has 1 rings (SSSR count). The Hall–Kier alpha value is -1.68. The van der Waals surface area contributed by atoms with Crippen molar-refractivity contribution >= 4 is 31.5 Å². The van der Waals surface area contributed by atoms with Gasteiger partial charge in [0.1, 0.15) is 0 Å². The van der Waals surface area contributed by atoms with Gasteiger partial charge in [-0.3, -0.25) is 4.79 Å². The summed E-state index contributed by atoms with van der Waals surface area (Å²) in [7, 11) is -7.58. The zero-order chi connectivity index (χ0) is 17.5. The number of amides is 1. The maximum absolute atomic E-state index is 12.1. The fourth-order valence-corrected chi connectivity index (χ4v) is 4.92. The third-order valence-corrected chi connectivity index (χ3v) is 5.74. The van der Waals surface area contributed by atoms with E-state index in [1.54, 1.807) is 13.8 Å². The lowest BCUT2D eigenvalue weighted by Crippen LogP contribution is -2.31. The van der Waals surface area contributed by atoms with Gasteiger partial charge in [0.25, 0.3) is 5.91 Å². The van der Waals surface area contributed by atoms with E-state index in [1.165, 1.54) is 0 Å². The van der Waals surface area contributed by atoms with Crippen LogP contribution in [0.2, 0.25) is 0 Å². The first-order valence-electron chi connectivity index (χ1n) is 6.15. The normalized spacial score (nSPS) is 18.6. The summed E-state index contributed by atoms with van der Waals surface area (Å²) in [5.74, 6) is -1.25. The topological polar surface area (TPSA) is 150 Å². The van der Waals surface area contributed by atoms with Gasteiger partial charge in [-0.2, -0.15) is 4.99 Å². The summed E-state index contributed by atoms with van der Waals surface area (Å²) in [6.07, 6.45) is 2.72. The molecule has 22 heavy (non-hydrogen) atoms. The largest absolute Gasteiger partial charge is 0.370 e. The van der Waals surface area contributed by atoms with Gasteiger partial charge in [-0.05, 0) is 17.9 Å². The lowest BCUT2D eigenvalue weighted by Gasteiger charge is -2.31. The van der Waals surface area contributed by atoms with E-state index in [0.717, 1.165) is 18.6 Å². The van der Waals surface area contributed by atoms with Crippen LogP contribution in [-0.2, 0) is 24.5 Å². The summed E-state index contributed by atoms with van der Waals surface area (Å²) < 4.78 is 47.5. The molecule has 0 spiro atoms. The van der Waals surface area contributed by atoms with Gasteiger partial charge in [0.05, 0.1) is 9.81 Å². The molecule has 0 heterocycles. The zero-order valence-electron chi connectivity index (χ0n) is 12.7. The first-order chi connectivity index (χ1) is 9.66. The van der Waals surface area contributed by atoms with Crippen molar-refractivity contribution in [2.24, 2.45) is 21.9 Å². The number of carbonyl (C=O) groups excluding carboxylic acids is 1. The van der Waals surface area contributed by atoms with Crippen LogP contribution in [0.3, 0.4) is 0 Å². The molecular formula is C12H19N3O5S2. The maximum Gasteiger partial charge on any atom is 0.276 e. The Morgan fingerprint density at radius 2 is 1.64 bits per heavy atom. The van der Waals surface area contributed by atoms with E-state index in [-0.39, 0.29) is 16.9 Å². The number of aliphatic imine (C=N–C) groups is 1. The molecule has 8 nitrogen and oxygen atoms in total.